The first kappa shape index (κ1) is 11.9. The molecule has 1 unspecified atom stereocenters. The van der Waals surface area contributed by atoms with E-state index < -0.39 is 0 Å². The number of ketones is 1. The van der Waals surface area contributed by atoms with Gasteiger partial charge >= 0.3 is 0 Å². The van der Waals surface area contributed by atoms with Gasteiger partial charge in [0.15, 0.2) is 5.78 Å². The van der Waals surface area contributed by atoms with Gasteiger partial charge in [0.05, 0.1) is 25.9 Å². The van der Waals surface area contributed by atoms with E-state index in [2.05, 4.69) is 0 Å². The van der Waals surface area contributed by atoms with Gasteiger partial charge in [0.25, 0.3) is 0 Å². The van der Waals surface area contributed by atoms with Crippen molar-refractivity contribution < 1.29 is 19.0 Å². The summed E-state index contributed by atoms with van der Waals surface area (Å²) >= 11 is 0. The molecule has 0 amide bonds. The van der Waals surface area contributed by atoms with Crippen molar-refractivity contribution in [2.45, 2.75) is 19.4 Å². The highest BCUT2D eigenvalue weighted by Gasteiger charge is 2.20. The van der Waals surface area contributed by atoms with E-state index in [-0.39, 0.29) is 11.9 Å². The lowest BCUT2D eigenvalue weighted by molar-refractivity contribution is 0.100. The number of methoxy groups -OCH3 is 1. The first-order valence-corrected chi connectivity index (χ1v) is 5.64. The molecule has 1 aromatic carbocycles. The summed E-state index contributed by atoms with van der Waals surface area (Å²) in [4.78, 5) is 11.5. The highest BCUT2D eigenvalue weighted by molar-refractivity contribution is 5.97. The monoisotopic (exact) mass is 236 g/mol. The van der Waals surface area contributed by atoms with Crippen LogP contribution in [0, 0.1) is 0 Å². The minimum atomic E-state index is -0.0124. The summed E-state index contributed by atoms with van der Waals surface area (Å²) < 4.78 is 16.2. The van der Waals surface area contributed by atoms with Gasteiger partial charge in [0.2, 0.25) is 0 Å². The molecular formula is C13H16O4. The first-order valence-electron chi connectivity index (χ1n) is 5.64. The second kappa shape index (κ2) is 5.19. The molecule has 0 N–H and O–H groups in total. The van der Waals surface area contributed by atoms with Gasteiger partial charge in [-0.15, -0.1) is 0 Å². The normalized spacial score (nSPS) is 19.1. The molecule has 0 radical (unpaired) electrons. The Bertz CT molecular complexity index is 408. The van der Waals surface area contributed by atoms with Gasteiger partial charge < -0.3 is 14.2 Å². The van der Waals surface area contributed by atoms with Gasteiger partial charge in [-0.25, -0.2) is 0 Å². The Hall–Kier alpha value is -1.55. The third kappa shape index (κ3) is 2.77. The molecule has 1 heterocycles. The molecule has 1 aliphatic heterocycles. The van der Waals surface area contributed by atoms with Crippen molar-refractivity contribution in [3.63, 3.8) is 0 Å². The van der Waals surface area contributed by atoms with Gasteiger partial charge in [-0.1, -0.05) is 0 Å². The molecule has 1 aromatic rings. The van der Waals surface area contributed by atoms with Crippen LogP contribution in [0.25, 0.3) is 0 Å². The fourth-order valence-corrected chi connectivity index (χ4v) is 1.80. The zero-order valence-electron chi connectivity index (χ0n) is 10.1. The van der Waals surface area contributed by atoms with Crippen LogP contribution in [0.4, 0.5) is 0 Å². The van der Waals surface area contributed by atoms with Crippen molar-refractivity contribution >= 4 is 5.78 Å². The van der Waals surface area contributed by atoms with Crippen molar-refractivity contribution in [2.24, 2.45) is 0 Å². The van der Waals surface area contributed by atoms with Gasteiger partial charge in [-0.05, 0) is 19.1 Å². The summed E-state index contributed by atoms with van der Waals surface area (Å²) in [7, 11) is 1.59. The van der Waals surface area contributed by atoms with Gasteiger partial charge in [-0.2, -0.15) is 0 Å². The Morgan fingerprint density at radius 1 is 1.47 bits per heavy atom. The van der Waals surface area contributed by atoms with E-state index in [1.165, 1.54) is 6.92 Å². The molecule has 1 atom stereocenters. The third-order valence-corrected chi connectivity index (χ3v) is 2.75. The average molecular weight is 236 g/mol. The van der Waals surface area contributed by atoms with E-state index >= 15 is 0 Å². The van der Waals surface area contributed by atoms with E-state index in [1.54, 1.807) is 25.3 Å². The van der Waals surface area contributed by atoms with Crippen LogP contribution in [0.1, 0.15) is 23.7 Å². The third-order valence-electron chi connectivity index (χ3n) is 2.75. The predicted octanol–water partition coefficient (Wildman–Crippen LogP) is 2.07. The fourth-order valence-electron chi connectivity index (χ4n) is 1.80. The summed E-state index contributed by atoms with van der Waals surface area (Å²) in [5, 5.41) is 0. The molecule has 0 aromatic heterocycles. The van der Waals surface area contributed by atoms with E-state index in [1.807, 2.05) is 0 Å². The number of benzene rings is 1. The predicted molar refractivity (Wildman–Crippen MR) is 62.9 cm³/mol. The Kier molecular flexibility index (Phi) is 3.64. The standard InChI is InChI=1S/C13H16O4/c1-9(14)12-4-3-10(15-2)7-13(12)17-11-5-6-16-8-11/h3-4,7,11H,5-6,8H2,1-2H3. The van der Waals surface area contributed by atoms with Gasteiger partial charge in [0.1, 0.15) is 17.6 Å². The molecule has 4 nitrogen and oxygen atoms in total. The molecule has 2 rings (SSSR count). The van der Waals surface area contributed by atoms with Gasteiger partial charge in [-0.3, -0.25) is 4.79 Å². The van der Waals surface area contributed by atoms with Crippen LogP contribution in [-0.2, 0) is 4.74 Å². The summed E-state index contributed by atoms with van der Waals surface area (Å²) in [6.45, 7) is 2.82. The summed E-state index contributed by atoms with van der Waals surface area (Å²) in [6, 6.07) is 5.23. The molecule has 0 saturated carbocycles. The smallest absolute Gasteiger partial charge is 0.163 e. The number of hydrogen-bond acceptors (Lipinski definition) is 4. The summed E-state index contributed by atoms with van der Waals surface area (Å²) in [5.74, 6) is 1.25. The van der Waals surface area contributed by atoms with E-state index in [4.69, 9.17) is 14.2 Å². The number of hydrogen-bond donors (Lipinski definition) is 0. The molecule has 0 bridgehead atoms. The van der Waals surface area contributed by atoms with Crippen LogP contribution in [0.5, 0.6) is 11.5 Å². The highest BCUT2D eigenvalue weighted by atomic mass is 16.5. The Labute approximate surface area is 100 Å². The molecule has 0 aliphatic carbocycles. The molecule has 0 spiro atoms. The first-order chi connectivity index (χ1) is 8.20. The molecule has 17 heavy (non-hydrogen) atoms. The SMILES string of the molecule is COc1ccc(C(C)=O)c(OC2CCOC2)c1. The maximum absolute atomic E-state index is 11.5. The lowest BCUT2D eigenvalue weighted by Crippen LogP contribution is -2.17. The fraction of sp³-hybridized carbons (Fsp3) is 0.462. The maximum atomic E-state index is 11.5. The Morgan fingerprint density at radius 3 is 2.88 bits per heavy atom. The highest BCUT2D eigenvalue weighted by Crippen LogP contribution is 2.27. The number of ether oxygens (including phenoxy) is 3. The molecule has 1 fully saturated rings. The number of carbonyl (C=O) groups excluding carboxylic acids is 1. The van der Waals surface area contributed by atoms with Crippen molar-refractivity contribution in [1.29, 1.82) is 0 Å². The number of rotatable bonds is 4. The lowest BCUT2D eigenvalue weighted by atomic mass is 10.1. The summed E-state index contributed by atoms with van der Waals surface area (Å²) in [6.07, 6.45) is 0.884. The second-order valence-corrected chi connectivity index (χ2v) is 4.02. The average Bonchev–Trinajstić information content (AvgIpc) is 2.81. The van der Waals surface area contributed by atoms with Crippen molar-refractivity contribution in [3.05, 3.63) is 23.8 Å². The summed E-state index contributed by atoms with van der Waals surface area (Å²) in [5.41, 5.74) is 0.581. The largest absolute Gasteiger partial charge is 0.497 e. The zero-order valence-corrected chi connectivity index (χ0v) is 10.1. The van der Waals surface area contributed by atoms with Crippen molar-refractivity contribution in [3.8, 4) is 11.5 Å². The van der Waals surface area contributed by atoms with Crippen LogP contribution in [-0.4, -0.2) is 32.2 Å². The Morgan fingerprint density at radius 2 is 2.29 bits per heavy atom. The van der Waals surface area contributed by atoms with E-state index in [0.717, 1.165) is 6.42 Å². The van der Waals surface area contributed by atoms with Crippen LogP contribution in [0.3, 0.4) is 0 Å². The molecule has 92 valence electrons. The number of Topliss-reactive ketones (excluding diaryl/α,β-unsaturated/α-hetero) is 1. The van der Waals surface area contributed by atoms with Crippen LogP contribution in [0.15, 0.2) is 18.2 Å². The van der Waals surface area contributed by atoms with Crippen LogP contribution < -0.4 is 9.47 Å². The van der Waals surface area contributed by atoms with Crippen molar-refractivity contribution in [1.82, 2.24) is 0 Å². The quantitative estimate of drug-likeness (QED) is 0.751. The Balaban J connectivity index is 2.24. The topological polar surface area (TPSA) is 44.8 Å². The van der Waals surface area contributed by atoms with Gasteiger partial charge in [0, 0.05) is 12.5 Å². The minimum Gasteiger partial charge on any atom is -0.497 e. The van der Waals surface area contributed by atoms with E-state index in [0.29, 0.717) is 30.3 Å². The maximum Gasteiger partial charge on any atom is 0.163 e. The number of carbonyl (C=O) groups is 1. The van der Waals surface area contributed by atoms with Crippen LogP contribution >= 0.6 is 0 Å². The van der Waals surface area contributed by atoms with E-state index in [9.17, 15) is 4.79 Å². The molecule has 1 saturated heterocycles. The second-order valence-electron chi connectivity index (χ2n) is 4.02. The zero-order chi connectivity index (χ0) is 12.3. The van der Waals surface area contributed by atoms with Crippen molar-refractivity contribution in [2.75, 3.05) is 20.3 Å². The lowest BCUT2D eigenvalue weighted by Gasteiger charge is -2.15. The minimum absolute atomic E-state index is 0.0124. The van der Waals surface area contributed by atoms with Crippen LogP contribution in [0.2, 0.25) is 0 Å². The molecule has 4 heteroatoms. The molecule has 1 aliphatic rings. The molecular weight excluding hydrogens is 220 g/mol.